The minimum atomic E-state index is -0.390. The van der Waals surface area contributed by atoms with Crippen molar-refractivity contribution in [3.05, 3.63) is 35.4 Å². The van der Waals surface area contributed by atoms with Crippen molar-refractivity contribution in [1.82, 2.24) is 0 Å². The summed E-state index contributed by atoms with van der Waals surface area (Å²) in [6.07, 6.45) is 9.20. The van der Waals surface area contributed by atoms with Crippen molar-refractivity contribution < 1.29 is 14.6 Å². The van der Waals surface area contributed by atoms with Gasteiger partial charge < -0.3 is 0 Å². The molecule has 2 unspecified atom stereocenters. The minimum absolute atomic E-state index is 0.00557. The fourth-order valence-electron chi connectivity index (χ4n) is 3.74. The summed E-state index contributed by atoms with van der Waals surface area (Å²) in [4.78, 5) is 23.1. The number of aryl methyl sites for hydroxylation is 1. The number of benzene rings is 1. The van der Waals surface area contributed by atoms with Crippen molar-refractivity contribution in [1.29, 1.82) is 0 Å². The average Bonchev–Trinajstić information content (AvgIpc) is 2.60. The zero-order chi connectivity index (χ0) is 18.3. The summed E-state index contributed by atoms with van der Waals surface area (Å²) >= 11 is 0. The first-order valence-electron chi connectivity index (χ1n) is 9.88. The van der Waals surface area contributed by atoms with Gasteiger partial charge in [0.05, 0.1) is 5.56 Å². The van der Waals surface area contributed by atoms with E-state index < -0.39 is 5.97 Å². The maximum Gasteiger partial charge on any atom is 0.373 e. The van der Waals surface area contributed by atoms with Gasteiger partial charge in [-0.2, -0.15) is 4.89 Å². The number of carbonyl (C=O) groups is 1. The molecule has 1 aromatic rings. The predicted molar refractivity (Wildman–Crippen MR) is 101 cm³/mol. The topological polar surface area (TPSA) is 35.5 Å². The summed E-state index contributed by atoms with van der Waals surface area (Å²) in [5, 5.41) is 0. The summed E-state index contributed by atoms with van der Waals surface area (Å²) in [6.45, 7) is 8.91. The second-order valence-corrected chi connectivity index (χ2v) is 8.42. The van der Waals surface area contributed by atoms with Crippen LogP contribution >= 0.6 is 0 Å². The van der Waals surface area contributed by atoms with E-state index in [9.17, 15) is 4.79 Å². The Labute approximate surface area is 153 Å². The highest BCUT2D eigenvalue weighted by Crippen LogP contribution is 2.39. The molecule has 0 amide bonds. The molecule has 1 aliphatic carbocycles. The van der Waals surface area contributed by atoms with E-state index in [1.54, 1.807) is 0 Å². The van der Waals surface area contributed by atoms with E-state index in [1.165, 1.54) is 31.2 Å². The van der Waals surface area contributed by atoms with Gasteiger partial charge in [0.15, 0.2) is 0 Å². The molecular weight excluding hydrogens is 312 g/mol. The van der Waals surface area contributed by atoms with Crippen LogP contribution < -0.4 is 0 Å². The first-order chi connectivity index (χ1) is 11.9. The van der Waals surface area contributed by atoms with Crippen molar-refractivity contribution in [3.63, 3.8) is 0 Å². The van der Waals surface area contributed by atoms with E-state index in [0.29, 0.717) is 11.5 Å². The molecule has 0 N–H and O–H groups in total. The van der Waals surface area contributed by atoms with Gasteiger partial charge in [0.2, 0.25) is 0 Å². The quantitative estimate of drug-likeness (QED) is 0.339. The van der Waals surface area contributed by atoms with Gasteiger partial charge in [-0.05, 0) is 54.7 Å². The zero-order valence-corrected chi connectivity index (χ0v) is 16.3. The minimum Gasteiger partial charge on any atom is -0.293 e. The van der Waals surface area contributed by atoms with E-state index in [2.05, 4.69) is 27.7 Å². The third-order valence-corrected chi connectivity index (χ3v) is 5.32. The first kappa shape index (κ1) is 20.0. The molecule has 3 nitrogen and oxygen atoms in total. The maximum absolute atomic E-state index is 12.3. The van der Waals surface area contributed by atoms with Crippen molar-refractivity contribution in [2.24, 2.45) is 11.3 Å². The van der Waals surface area contributed by atoms with Gasteiger partial charge in [0.1, 0.15) is 6.10 Å². The summed E-state index contributed by atoms with van der Waals surface area (Å²) in [5.74, 6) is 0.0355. The molecule has 0 bridgehead atoms. The summed E-state index contributed by atoms with van der Waals surface area (Å²) < 4.78 is 0. The molecule has 1 aromatic carbocycles. The lowest BCUT2D eigenvalue weighted by Gasteiger charge is -2.38. The lowest BCUT2D eigenvalue weighted by molar-refractivity contribution is -0.297. The molecule has 0 saturated heterocycles. The number of hydrogen-bond donors (Lipinski definition) is 0. The van der Waals surface area contributed by atoms with Crippen LogP contribution in [-0.2, 0) is 16.2 Å². The Morgan fingerprint density at radius 2 is 1.76 bits per heavy atom. The second-order valence-electron chi connectivity index (χ2n) is 8.42. The fraction of sp³-hybridized carbons (Fsp3) is 0.682. The van der Waals surface area contributed by atoms with E-state index in [4.69, 9.17) is 9.78 Å². The first-order valence-corrected chi connectivity index (χ1v) is 9.88. The van der Waals surface area contributed by atoms with Crippen LogP contribution in [0.3, 0.4) is 0 Å². The number of unbranched alkanes of at least 4 members (excludes halogenated alkanes) is 2. The highest BCUT2D eigenvalue weighted by atomic mass is 17.2. The number of hydrogen-bond acceptors (Lipinski definition) is 3. The largest absolute Gasteiger partial charge is 0.373 e. The van der Waals surface area contributed by atoms with Crippen LogP contribution in [0.15, 0.2) is 24.3 Å². The molecule has 1 saturated carbocycles. The highest BCUT2D eigenvalue weighted by Gasteiger charge is 2.36. The zero-order valence-electron chi connectivity index (χ0n) is 16.3. The van der Waals surface area contributed by atoms with Crippen LogP contribution in [-0.4, -0.2) is 12.1 Å². The van der Waals surface area contributed by atoms with Gasteiger partial charge in [-0.25, -0.2) is 4.79 Å². The third-order valence-electron chi connectivity index (χ3n) is 5.32. The van der Waals surface area contributed by atoms with Gasteiger partial charge in [-0.1, -0.05) is 65.5 Å². The molecule has 1 fully saturated rings. The summed E-state index contributed by atoms with van der Waals surface area (Å²) in [7, 11) is 0. The predicted octanol–water partition coefficient (Wildman–Crippen LogP) is 6.11. The van der Waals surface area contributed by atoms with E-state index in [-0.39, 0.29) is 11.5 Å². The van der Waals surface area contributed by atoms with Crippen LogP contribution in [0.2, 0.25) is 0 Å². The van der Waals surface area contributed by atoms with Crippen LogP contribution in [0, 0.1) is 11.3 Å². The van der Waals surface area contributed by atoms with Gasteiger partial charge in [-0.15, -0.1) is 0 Å². The molecule has 2 rings (SSSR count). The Morgan fingerprint density at radius 3 is 2.40 bits per heavy atom. The van der Waals surface area contributed by atoms with Crippen LogP contribution in [0.1, 0.15) is 88.6 Å². The number of rotatable bonds is 7. The molecule has 25 heavy (non-hydrogen) atoms. The maximum atomic E-state index is 12.3. The van der Waals surface area contributed by atoms with Gasteiger partial charge in [0, 0.05) is 0 Å². The van der Waals surface area contributed by atoms with Crippen molar-refractivity contribution in [3.8, 4) is 0 Å². The Morgan fingerprint density at radius 1 is 1.08 bits per heavy atom. The van der Waals surface area contributed by atoms with Crippen LogP contribution in [0.25, 0.3) is 0 Å². The Kier molecular flexibility index (Phi) is 7.49. The smallest absolute Gasteiger partial charge is 0.293 e. The second kappa shape index (κ2) is 9.38. The van der Waals surface area contributed by atoms with E-state index >= 15 is 0 Å². The van der Waals surface area contributed by atoms with Crippen molar-refractivity contribution >= 4 is 5.97 Å². The Hall–Kier alpha value is -1.35. The standard InChI is InChI=1S/C22H34O3/c1-5-6-7-10-17-13-15-18(16-14-17)21(23)25-24-20-12-9-8-11-19(20)22(2,3)4/h13-16,19-20H,5-12H2,1-4H3. The molecule has 1 aliphatic rings. The van der Waals surface area contributed by atoms with E-state index in [0.717, 1.165) is 25.7 Å². The summed E-state index contributed by atoms with van der Waals surface area (Å²) in [5.41, 5.74) is 1.99. The Balaban J connectivity index is 1.86. The molecule has 2 atom stereocenters. The fourth-order valence-corrected chi connectivity index (χ4v) is 3.74. The molecule has 0 radical (unpaired) electrons. The molecule has 3 heteroatoms. The van der Waals surface area contributed by atoms with Crippen LogP contribution in [0.4, 0.5) is 0 Å². The lowest BCUT2D eigenvalue weighted by Crippen LogP contribution is -2.37. The molecule has 140 valence electrons. The SMILES string of the molecule is CCCCCc1ccc(C(=O)OOC2CCCCC2C(C)(C)C)cc1. The highest BCUT2D eigenvalue weighted by molar-refractivity contribution is 5.88. The molecule has 0 aromatic heterocycles. The van der Waals surface area contributed by atoms with Gasteiger partial charge in [0.25, 0.3) is 0 Å². The van der Waals surface area contributed by atoms with Crippen molar-refractivity contribution in [2.45, 2.75) is 85.2 Å². The third kappa shape index (κ3) is 6.14. The van der Waals surface area contributed by atoms with Gasteiger partial charge >= 0.3 is 5.97 Å². The normalized spacial score (nSPS) is 21.1. The van der Waals surface area contributed by atoms with Crippen molar-refractivity contribution in [2.75, 3.05) is 0 Å². The summed E-state index contributed by atoms with van der Waals surface area (Å²) in [6, 6.07) is 7.72. The molecule has 0 aliphatic heterocycles. The average molecular weight is 347 g/mol. The lowest BCUT2D eigenvalue weighted by atomic mass is 9.71. The van der Waals surface area contributed by atoms with Gasteiger partial charge in [-0.3, -0.25) is 4.89 Å². The number of carbonyl (C=O) groups excluding carboxylic acids is 1. The molecular formula is C22H34O3. The molecule has 0 spiro atoms. The molecule has 0 heterocycles. The monoisotopic (exact) mass is 346 g/mol. The van der Waals surface area contributed by atoms with E-state index in [1.807, 2.05) is 24.3 Å². The van der Waals surface area contributed by atoms with Crippen LogP contribution in [0.5, 0.6) is 0 Å². The Bertz CT molecular complexity index is 527.